The van der Waals surface area contributed by atoms with Crippen LogP contribution in [0.25, 0.3) is 11.0 Å². The van der Waals surface area contributed by atoms with Crippen LogP contribution in [0.2, 0.25) is 0 Å². The van der Waals surface area contributed by atoms with E-state index < -0.39 is 11.9 Å². The summed E-state index contributed by atoms with van der Waals surface area (Å²) in [6.45, 7) is 8.57. The maximum absolute atomic E-state index is 14.0. The van der Waals surface area contributed by atoms with E-state index in [1.165, 1.54) is 4.90 Å². The first kappa shape index (κ1) is 25.5. The van der Waals surface area contributed by atoms with Gasteiger partial charge in [-0.1, -0.05) is 25.8 Å². The smallest absolute Gasteiger partial charge is 0.296 e. The Morgan fingerprint density at radius 1 is 0.974 bits per heavy atom. The molecule has 3 heterocycles. The number of aromatic nitrogens is 1. The van der Waals surface area contributed by atoms with E-state index in [1.807, 2.05) is 63.2 Å². The van der Waals surface area contributed by atoms with Crippen LogP contribution in [0.3, 0.4) is 0 Å². The van der Waals surface area contributed by atoms with Gasteiger partial charge >= 0.3 is 0 Å². The average molecular weight is 513 g/mol. The molecule has 2 aromatic heterocycles. The molecular formula is C31H32N2O5. The Morgan fingerprint density at radius 2 is 1.76 bits per heavy atom. The second-order valence-electron chi connectivity index (χ2n) is 9.84. The van der Waals surface area contributed by atoms with Crippen LogP contribution in [-0.2, 0) is 0 Å². The molecule has 0 fully saturated rings. The predicted octanol–water partition coefficient (Wildman–Crippen LogP) is 6.44. The van der Waals surface area contributed by atoms with Crippen molar-refractivity contribution in [1.82, 2.24) is 4.98 Å². The summed E-state index contributed by atoms with van der Waals surface area (Å²) in [5.74, 6) is 1.24. The molecule has 0 aliphatic carbocycles. The van der Waals surface area contributed by atoms with Gasteiger partial charge < -0.3 is 13.9 Å². The van der Waals surface area contributed by atoms with Gasteiger partial charge in [0.05, 0.1) is 30.7 Å². The highest BCUT2D eigenvalue weighted by Gasteiger charge is 2.44. The molecule has 2 aromatic carbocycles. The number of hydrogen-bond donors (Lipinski definition) is 0. The maximum Gasteiger partial charge on any atom is 0.296 e. The molecule has 4 aromatic rings. The Balaban J connectivity index is 1.69. The van der Waals surface area contributed by atoms with Gasteiger partial charge in [-0.2, -0.15) is 0 Å². The molecule has 1 unspecified atom stereocenters. The number of nitrogens with zero attached hydrogens (tertiary/aromatic N) is 2. The van der Waals surface area contributed by atoms with E-state index in [9.17, 15) is 9.59 Å². The van der Waals surface area contributed by atoms with Crippen molar-refractivity contribution < 1.29 is 18.7 Å². The molecule has 0 N–H and O–H groups in total. The van der Waals surface area contributed by atoms with Crippen LogP contribution in [0.4, 0.5) is 5.82 Å². The summed E-state index contributed by atoms with van der Waals surface area (Å²) in [7, 11) is 1.58. The molecule has 0 spiro atoms. The molecule has 0 saturated carbocycles. The topological polar surface area (TPSA) is 81.9 Å². The number of fused-ring (bicyclic) bond motifs is 2. The summed E-state index contributed by atoms with van der Waals surface area (Å²) in [5, 5.41) is 0.451. The lowest BCUT2D eigenvalue weighted by Gasteiger charge is -2.25. The van der Waals surface area contributed by atoms with Crippen molar-refractivity contribution in [3.05, 3.63) is 92.5 Å². The van der Waals surface area contributed by atoms with E-state index in [0.29, 0.717) is 46.0 Å². The third kappa shape index (κ3) is 4.42. The largest absolute Gasteiger partial charge is 0.493 e. The normalized spacial score (nSPS) is 14.7. The summed E-state index contributed by atoms with van der Waals surface area (Å²) >= 11 is 0. The summed E-state index contributed by atoms with van der Waals surface area (Å²) in [4.78, 5) is 33.8. The Hall–Kier alpha value is -4.13. The third-order valence-corrected chi connectivity index (χ3v) is 7.14. The number of carbonyl (C=O) groups excluding carboxylic acids is 1. The van der Waals surface area contributed by atoms with Crippen LogP contribution >= 0.6 is 0 Å². The number of anilines is 1. The number of pyridine rings is 1. The molecule has 5 rings (SSSR count). The molecule has 1 aliphatic heterocycles. The first-order valence-corrected chi connectivity index (χ1v) is 13.0. The maximum atomic E-state index is 14.0. The summed E-state index contributed by atoms with van der Waals surface area (Å²) in [5.41, 5.74) is 4.09. The first-order chi connectivity index (χ1) is 18.3. The van der Waals surface area contributed by atoms with Gasteiger partial charge in [-0.15, -0.1) is 0 Å². The minimum atomic E-state index is -0.739. The lowest BCUT2D eigenvalue weighted by Crippen LogP contribution is -2.30. The molecule has 0 bridgehead atoms. The molecule has 0 saturated heterocycles. The second-order valence-corrected chi connectivity index (χ2v) is 9.84. The molecule has 1 aliphatic rings. The van der Waals surface area contributed by atoms with Gasteiger partial charge in [0.2, 0.25) is 5.76 Å². The Morgan fingerprint density at radius 3 is 2.50 bits per heavy atom. The fraction of sp³-hybridized carbons (Fsp3) is 0.323. The number of amides is 1. The van der Waals surface area contributed by atoms with Crippen molar-refractivity contribution in [2.24, 2.45) is 0 Å². The fourth-order valence-corrected chi connectivity index (χ4v) is 4.94. The number of carbonyl (C=O) groups is 1. The number of hydrogen-bond acceptors (Lipinski definition) is 6. The number of ether oxygens (including phenoxy) is 2. The number of benzene rings is 2. The van der Waals surface area contributed by atoms with E-state index in [0.717, 1.165) is 36.0 Å². The van der Waals surface area contributed by atoms with Gasteiger partial charge in [0.15, 0.2) is 16.9 Å². The molecule has 38 heavy (non-hydrogen) atoms. The molecule has 7 nitrogen and oxygen atoms in total. The third-order valence-electron chi connectivity index (χ3n) is 7.14. The Kier molecular flexibility index (Phi) is 6.93. The van der Waals surface area contributed by atoms with Crippen molar-refractivity contribution in [2.75, 3.05) is 18.6 Å². The Labute approximate surface area is 222 Å². The molecule has 196 valence electrons. The number of rotatable bonds is 8. The zero-order valence-electron chi connectivity index (χ0n) is 22.5. The minimum absolute atomic E-state index is 0.0397. The van der Waals surface area contributed by atoms with E-state index >= 15 is 0 Å². The van der Waals surface area contributed by atoms with Crippen molar-refractivity contribution in [3.63, 3.8) is 0 Å². The van der Waals surface area contributed by atoms with Gasteiger partial charge in [-0.3, -0.25) is 14.5 Å². The van der Waals surface area contributed by atoms with E-state index in [-0.39, 0.29) is 11.2 Å². The van der Waals surface area contributed by atoms with Gasteiger partial charge in [0.1, 0.15) is 11.4 Å². The van der Waals surface area contributed by atoms with Crippen molar-refractivity contribution >= 4 is 22.7 Å². The minimum Gasteiger partial charge on any atom is -0.493 e. The summed E-state index contributed by atoms with van der Waals surface area (Å²) < 4.78 is 17.8. The van der Waals surface area contributed by atoms with Crippen LogP contribution < -0.4 is 19.8 Å². The molecule has 1 amide bonds. The summed E-state index contributed by atoms with van der Waals surface area (Å²) in [6, 6.07) is 12.1. The molecule has 0 radical (unpaired) electrons. The van der Waals surface area contributed by atoms with Crippen LogP contribution in [0.15, 0.2) is 57.9 Å². The summed E-state index contributed by atoms with van der Waals surface area (Å²) in [6.07, 6.45) is 4.80. The molecular weight excluding hydrogens is 480 g/mol. The fourth-order valence-electron chi connectivity index (χ4n) is 4.94. The van der Waals surface area contributed by atoms with Crippen LogP contribution in [0.1, 0.15) is 70.6 Å². The standard InChI is InChI=1S/C31H32N2O5/c1-6-7-8-13-37-23-10-9-21(17-25(23)36-5)28-27-29(34)22-15-19(3)20(4)16-24(22)38-30(27)31(35)33(28)26-14-18(2)11-12-32-26/h9-12,14-17,28H,6-8,13H2,1-5H3. The van der Waals surface area contributed by atoms with Crippen LogP contribution in [-0.4, -0.2) is 24.6 Å². The van der Waals surface area contributed by atoms with E-state index in [2.05, 4.69) is 11.9 Å². The molecule has 7 heteroatoms. The lowest BCUT2D eigenvalue weighted by atomic mass is 9.97. The van der Waals surface area contributed by atoms with Gasteiger partial charge in [-0.05, 0) is 85.8 Å². The Bertz CT molecular complexity index is 1590. The van der Waals surface area contributed by atoms with Crippen molar-refractivity contribution in [3.8, 4) is 11.5 Å². The number of methoxy groups -OCH3 is 1. The zero-order valence-corrected chi connectivity index (χ0v) is 22.5. The highest BCUT2D eigenvalue weighted by Crippen LogP contribution is 2.43. The second kappa shape index (κ2) is 10.3. The lowest BCUT2D eigenvalue weighted by molar-refractivity contribution is 0.0970. The van der Waals surface area contributed by atoms with Crippen molar-refractivity contribution in [2.45, 2.75) is 53.0 Å². The monoisotopic (exact) mass is 512 g/mol. The van der Waals surface area contributed by atoms with Crippen LogP contribution in [0, 0.1) is 20.8 Å². The van der Waals surface area contributed by atoms with Gasteiger partial charge in [0.25, 0.3) is 5.91 Å². The zero-order chi connectivity index (χ0) is 27.0. The molecule has 1 atom stereocenters. The highest BCUT2D eigenvalue weighted by atomic mass is 16.5. The quantitative estimate of drug-likeness (QED) is 0.253. The predicted molar refractivity (Wildman–Crippen MR) is 148 cm³/mol. The highest BCUT2D eigenvalue weighted by molar-refractivity contribution is 6.10. The van der Waals surface area contributed by atoms with Gasteiger partial charge in [-0.25, -0.2) is 4.98 Å². The van der Waals surface area contributed by atoms with E-state index in [1.54, 1.807) is 13.3 Å². The number of unbranched alkanes of at least 4 members (excludes halogenated alkanes) is 2. The SMILES string of the molecule is CCCCCOc1ccc(C2c3c(oc4cc(C)c(C)cc4c3=O)C(=O)N2c2cc(C)ccn2)cc1OC. The first-order valence-electron chi connectivity index (χ1n) is 13.0. The van der Waals surface area contributed by atoms with Gasteiger partial charge in [0, 0.05) is 6.20 Å². The van der Waals surface area contributed by atoms with E-state index in [4.69, 9.17) is 13.9 Å². The van der Waals surface area contributed by atoms with Crippen LogP contribution in [0.5, 0.6) is 11.5 Å². The number of aryl methyl sites for hydroxylation is 3. The average Bonchev–Trinajstić information content (AvgIpc) is 3.20. The van der Waals surface area contributed by atoms with Crippen molar-refractivity contribution in [1.29, 1.82) is 0 Å².